The van der Waals surface area contributed by atoms with E-state index in [0.29, 0.717) is 5.92 Å². The molecule has 1 aliphatic heterocycles. The summed E-state index contributed by atoms with van der Waals surface area (Å²) in [5.41, 5.74) is 0. The fourth-order valence-corrected chi connectivity index (χ4v) is 3.21. The van der Waals surface area contributed by atoms with E-state index in [1.165, 1.54) is 17.7 Å². The first kappa shape index (κ1) is 13.5. The zero-order valence-corrected chi connectivity index (χ0v) is 11.3. The van der Waals surface area contributed by atoms with Gasteiger partial charge in [-0.15, -0.1) is 11.3 Å². The highest BCUT2D eigenvalue weighted by Crippen LogP contribution is 2.19. The minimum absolute atomic E-state index is 0.0709. The highest BCUT2D eigenvalue weighted by Gasteiger charge is 2.19. The maximum atomic E-state index is 10.4. The van der Waals surface area contributed by atoms with E-state index in [0.717, 1.165) is 26.2 Å². The molecule has 2 heterocycles. The quantitative estimate of drug-likeness (QED) is 0.823. The van der Waals surface area contributed by atoms with Crippen molar-refractivity contribution in [1.82, 2.24) is 10.2 Å². The van der Waals surface area contributed by atoms with E-state index in [1.54, 1.807) is 11.3 Å². The standard InChI is InChI=1S/C13H20N2O2S/c16-13(17)8-14-7-11-3-1-5-15(9-11)10-12-4-2-6-18-12/h2,4,6,11,14H,1,3,5,7-10H2,(H,16,17). The topological polar surface area (TPSA) is 52.6 Å². The summed E-state index contributed by atoms with van der Waals surface area (Å²) < 4.78 is 0. The Bertz CT molecular complexity index is 367. The van der Waals surface area contributed by atoms with Gasteiger partial charge in [0.05, 0.1) is 6.54 Å². The lowest BCUT2D eigenvalue weighted by Crippen LogP contribution is -2.40. The van der Waals surface area contributed by atoms with Crippen LogP contribution in [-0.2, 0) is 11.3 Å². The molecule has 0 bridgehead atoms. The van der Waals surface area contributed by atoms with Crippen molar-refractivity contribution in [2.24, 2.45) is 5.92 Å². The molecule has 1 aromatic heterocycles. The van der Waals surface area contributed by atoms with E-state index in [-0.39, 0.29) is 6.54 Å². The van der Waals surface area contributed by atoms with E-state index in [2.05, 4.69) is 27.7 Å². The molecule has 1 unspecified atom stereocenters. The number of nitrogens with zero attached hydrogens (tertiary/aromatic N) is 1. The van der Waals surface area contributed by atoms with Crippen LogP contribution in [0.2, 0.25) is 0 Å². The third-order valence-corrected chi connectivity index (χ3v) is 4.13. The van der Waals surface area contributed by atoms with Gasteiger partial charge in [0, 0.05) is 18.0 Å². The molecule has 2 N–H and O–H groups in total. The van der Waals surface area contributed by atoms with Crippen LogP contribution in [0.4, 0.5) is 0 Å². The Kier molecular flexibility index (Phi) is 5.16. The largest absolute Gasteiger partial charge is 0.480 e. The number of piperidine rings is 1. The minimum Gasteiger partial charge on any atom is -0.480 e. The van der Waals surface area contributed by atoms with Crippen LogP contribution in [0.15, 0.2) is 17.5 Å². The molecule has 100 valence electrons. The molecule has 0 aliphatic carbocycles. The van der Waals surface area contributed by atoms with Crippen molar-refractivity contribution < 1.29 is 9.90 Å². The van der Waals surface area contributed by atoms with Gasteiger partial charge < -0.3 is 10.4 Å². The predicted octanol–water partition coefficient (Wildman–Crippen LogP) is 1.63. The molecule has 0 aromatic carbocycles. The molecule has 0 amide bonds. The maximum absolute atomic E-state index is 10.4. The summed E-state index contributed by atoms with van der Waals surface area (Å²) in [5.74, 6) is -0.195. The second-order valence-corrected chi connectivity index (χ2v) is 5.88. The first-order valence-electron chi connectivity index (χ1n) is 6.41. The molecule has 1 saturated heterocycles. The van der Waals surface area contributed by atoms with Crippen LogP contribution in [0.25, 0.3) is 0 Å². The Balaban J connectivity index is 1.72. The average molecular weight is 268 g/mol. The SMILES string of the molecule is O=C(O)CNCC1CCCN(Cc2cccs2)C1. The van der Waals surface area contributed by atoms with Crippen molar-refractivity contribution in [2.45, 2.75) is 19.4 Å². The van der Waals surface area contributed by atoms with Gasteiger partial charge in [-0.2, -0.15) is 0 Å². The number of likely N-dealkylation sites (tertiary alicyclic amines) is 1. The molecule has 2 rings (SSSR count). The predicted molar refractivity (Wildman–Crippen MR) is 72.8 cm³/mol. The van der Waals surface area contributed by atoms with Crippen molar-refractivity contribution in [2.75, 3.05) is 26.2 Å². The molecule has 4 nitrogen and oxygen atoms in total. The molecule has 5 heteroatoms. The molecule has 1 fully saturated rings. The monoisotopic (exact) mass is 268 g/mol. The molecule has 0 saturated carbocycles. The summed E-state index contributed by atoms with van der Waals surface area (Å²) in [7, 11) is 0. The van der Waals surface area contributed by atoms with Crippen molar-refractivity contribution in [1.29, 1.82) is 0 Å². The molecule has 0 radical (unpaired) electrons. The van der Waals surface area contributed by atoms with E-state index in [1.807, 2.05) is 0 Å². The number of rotatable bonds is 6. The third-order valence-electron chi connectivity index (χ3n) is 3.27. The van der Waals surface area contributed by atoms with Gasteiger partial charge in [-0.3, -0.25) is 9.69 Å². The van der Waals surface area contributed by atoms with Gasteiger partial charge in [-0.05, 0) is 43.3 Å². The van der Waals surface area contributed by atoms with Crippen molar-refractivity contribution in [3.8, 4) is 0 Å². The Labute approximate surface area is 112 Å². The normalized spacial score (nSPS) is 21.0. The summed E-state index contributed by atoms with van der Waals surface area (Å²) >= 11 is 1.80. The molecular formula is C13H20N2O2S. The lowest BCUT2D eigenvalue weighted by molar-refractivity contribution is -0.136. The van der Waals surface area contributed by atoms with Crippen LogP contribution in [0, 0.1) is 5.92 Å². The van der Waals surface area contributed by atoms with Crippen LogP contribution < -0.4 is 5.32 Å². The molecule has 1 aliphatic rings. The van der Waals surface area contributed by atoms with Crippen LogP contribution in [0.1, 0.15) is 17.7 Å². The highest BCUT2D eigenvalue weighted by atomic mass is 32.1. The third kappa shape index (κ3) is 4.40. The number of carbonyl (C=O) groups is 1. The molecular weight excluding hydrogens is 248 g/mol. The second-order valence-electron chi connectivity index (χ2n) is 4.85. The van der Waals surface area contributed by atoms with Crippen LogP contribution in [0.5, 0.6) is 0 Å². The number of hydrogen-bond donors (Lipinski definition) is 2. The summed E-state index contributed by atoms with van der Waals surface area (Å²) in [6, 6.07) is 4.27. The summed E-state index contributed by atoms with van der Waals surface area (Å²) in [6.45, 7) is 4.15. The van der Waals surface area contributed by atoms with Gasteiger partial charge in [0.15, 0.2) is 0 Å². The number of carboxylic acid groups (broad SMARTS) is 1. The molecule has 1 atom stereocenters. The van der Waals surface area contributed by atoms with E-state index in [4.69, 9.17) is 5.11 Å². The lowest BCUT2D eigenvalue weighted by Gasteiger charge is -2.32. The van der Waals surface area contributed by atoms with Gasteiger partial charge in [0.25, 0.3) is 0 Å². The number of aliphatic carboxylic acids is 1. The van der Waals surface area contributed by atoms with Crippen LogP contribution in [-0.4, -0.2) is 42.2 Å². The number of carboxylic acids is 1. The van der Waals surface area contributed by atoms with Gasteiger partial charge in [-0.1, -0.05) is 6.07 Å². The zero-order valence-electron chi connectivity index (χ0n) is 10.5. The Morgan fingerprint density at radius 3 is 3.22 bits per heavy atom. The summed E-state index contributed by atoms with van der Waals surface area (Å²) in [5, 5.41) is 13.7. The number of thiophene rings is 1. The van der Waals surface area contributed by atoms with Crippen molar-refractivity contribution >= 4 is 17.3 Å². The summed E-state index contributed by atoms with van der Waals surface area (Å²) in [6.07, 6.45) is 2.42. The van der Waals surface area contributed by atoms with E-state index in [9.17, 15) is 4.79 Å². The Morgan fingerprint density at radius 1 is 1.61 bits per heavy atom. The number of nitrogens with one attached hydrogen (secondary N) is 1. The first-order chi connectivity index (χ1) is 8.74. The van der Waals surface area contributed by atoms with Gasteiger partial charge in [-0.25, -0.2) is 0 Å². The zero-order chi connectivity index (χ0) is 12.8. The second kappa shape index (κ2) is 6.87. The molecule has 0 spiro atoms. The number of hydrogen-bond acceptors (Lipinski definition) is 4. The van der Waals surface area contributed by atoms with Gasteiger partial charge in [0.1, 0.15) is 0 Å². The Hall–Kier alpha value is -0.910. The first-order valence-corrected chi connectivity index (χ1v) is 7.29. The Morgan fingerprint density at radius 2 is 2.50 bits per heavy atom. The van der Waals surface area contributed by atoms with Crippen molar-refractivity contribution in [3.63, 3.8) is 0 Å². The average Bonchev–Trinajstić information content (AvgIpc) is 2.82. The van der Waals surface area contributed by atoms with Gasteiger partial charge >= 0.3 is 5.97 Å². The highest BCUT2D eigenvalue weighted by molar-refractivity contribution is 7.09. The minimum atomic E-state index is -0.777. The fraction of sp³-hybridized carbons (Fsp3) is 0.615. The van der Waals surface area contributed by atoms with Crippen LogP contribution >= 0.6 is 11.3 Å². The van der Waals surface area contributed by atoms with Crippen LogP contribution in [0.3, 0.4) is 0 Å². The maximum Gasteiger partial charge on any atom is 0.317 e. The van der Waals surface area contributed by atoms with E-state index < -0.39 is 5.97 Å². The fourth-order valence-electron chi connectivity index (χ4n) is 2.47. The molecule has 1 aromatic rings. The smallest absolute Gasteiger partial charge is 0.317 e. The van der Waals surface area contributed by atoms with Crippen molar-refractivity contribution in [3.05, 3.63) is 22.4 Å². The van der Waals surface area contributed by atoms with Gasteiger partial charge in [0.2, 0.25) is 0 Å². The lowest BCUT2D eigenvalue weighted by atomic mass is 9.98. The van der Waals surface area contributed by atoms with E-state index >= 15 is 0 Å². The summed E-state index contributed by atoms with van der Waals surface area (Å²) in [4.78, 5) is 14.3. The molecule has 18 heavy (non-hydrogen) atoms.